The summed E-state index contributed by atoms with van der Waals surface area (Å²) in [6.07, 6.45) is 0. The zero-order valence-corrected chi connectivity index (χ0v) is 15.8. The highest BCUT2D eigenvalue weighted by Gasteiger charge is 2.25. The van der Waals surface area contributed by atoms with Crippen LogP contribution >= 0.6 is 11.3 Å². The van der Waals surface area contributed by atoms with Crippen LogP contribution in [0.5, 0.6) is 0 Å². The number of primary amides is 1. The molecule has 27 heavy (non-hydrogen) atoms. The first-order chi connectivity index (χ1) is 13.0. The van der Waals surface area contributed by atoms with Crippen molar-refractivity contribution >= 4 is 28.8 Å². The minimum absolute atomic E-state index is 0.0594. The molecule has 2 atom stereocenters. The molecule has 6 heteroatoms. The van der Waals surface area contributed by atoms with E-state index in [4.69, 9.17) is 5.73 Å². The van der Waals surface area contributed by atoms with E-state index in [0.717, 1.165) is 5.56 Å². The Morgan fingerprint density at radius 3 is 2.30 bits per heavy atom. The molecule has 1 heterocycles. The number of rotatable bonds is 7. The standard InChI is InChI=1S/C21H21N3O2S/c1-14(21(26)24-17-11-9-16(10-12-17)20(22)25)23-19(18-8-5-13-27-18)15-6-3-2-4-7-15/h2-14,19,23H,1H3,(H2,22,25)(H,24,26)/p+1/t14-,19-/m0/s1. The van der Waals surface area contributed by atoms with Gasteiger partial charge in [0.1, 0.15) is 6.04 Å². The fourth-order valence-corrected chi connectivity index (χ4v) is 3.68. The number of thiophene rings is 1. The third-order valence-electron chi connectivity index (χ3n) is 4.34. The maximum Gasteiger partial charge on any atom is 0.282 e. The Labute approximate surface area is 162 Å². The van der Waals surface area contributed by atoms with E-state index in [0.29, 0.717) is 11.3 Å². The molecule has 0 saturated heterocycles. The van der Waals surface area contributed by atoms with E-state index in [2.05, 4.69) is 28.8 Å². The van der Waals surface area contributed by atoms with Crippen LogP contribution < -0.4 is 16.4 Å². The Kier molecular flexibility index (Phi) is 6.01. The highest BCUT2D eigenvalue weighted by Crippen LogP contribution is 2.22. The third-order valence-corrected chi connectivity index (χ3v) is 5.30. The Morgan fingerprint density at radius 2 is 1.70 bits per heavy atom. The monoisotopic (exact) mass is 380 g/mol. The molecule has 1 aromatic heterocycles. The fraction of sp³-hybridized carbons (Fsp3) is 0.143. The molecule has 5 nitrogen and oxygen atoms in total. The molecule has 0 aliphatic carbocycles. The van der Waals surface area contributed by atoms with E-state index in [1.807, 2.05) is 36.6 Å². The summed E-state index contributed by atoms with van der Waals surface area (Å²) in [6.45, 7) is 1.89. The zero-order chi connectivity index (χ0) is 19.2. The molecule has 0 saturated carbocycles. The quantitative estimate of drug-likeness (QED) is 0.588. The van der Waals surface area contributed by atoms with Crippen LogP contribution in [0.4, 0.5) is 5.69 Å². The van der Waals surface area contributed by atoms with E-state index in [1.54, 1.807) is 35.6 Å². The molecule has 0 spiro atoms. The molecular weight excluding hydrogens is 358 g/mol. The van der Waals surface area contributed by atoms with Gasteiger partial charge < -0.3 is 16.4 Å². The van der Waals surface area contributed by atoms with Gasteiger partial charge in [-0.3, -0.25) is 9.59 Å². The van der Waals surface area contributed by atoms with Crippen LogP contribution in [0.2, 0.25) is 0 Å². The van der Waals surface area contributed by atoms with Gasteiger partial charge in [0.25, 0.3) is 5.91 Å². The first-order valence-corrected chi connectivity index (χ1v) is 9.56. The van der Waals surface area contributed by atoms with Gasteiger partial charge in [0.2, 0.25) is 5.91 Å². The second-order valence-corrected chi connectivity index (χ2v) is 7.30. The molecular formula is C21H22N3O2S+. The molecule has 3 aromatic rings. The van der Waals surface area contributed by atoms with E-state index in [9.17, 15) is 9.59 Å². The number of carbonyl (C=O) groups excluding carboxylic acids is 2. The van der Waals surface area contributed by atoms with Crippen LogP contribution in [0.15, 0.2) is 72.1 Å². The smallest absolute Gasteiger partial charge is 0.282 e. The molecule has 2 aromatic carbocycles. The molecule has 0 aliphatic rings. The first-order valence-electron chi connectivity index (χ1n) is 8.68. The Morgan fingerprint density at radius 1 is 1.00 bits per heavy atom. The summed E-state index contributed by atoms with van der Waals surface area (Å²) in [7, 11) is 0. The van der Waals surface area contributed by atoms with Gasteiger partial charge in [-0.2, -0.15) is 0 Å². The van der Waals surface area contributed by atoms with E-state index in [-0.39, 0.29) is 18.0 Å². The number of nitrogens with two attached hydrogens (primary N) is 2. The van der Waals surface area contributed by atoms with E-state index < -0.39 is 5.91 Å². The lowest BCUT2D eigenvalue weighted by Crippen LogP contribution is -2.92. The molecule has 5 N–H and O–H groups in total. The van der Waals surface area contributed by atoms with Gasteiger partial charge >= 0.3 is 0 Å². The first kappa shape index (κ1) is 18.8. The molecule has 0 fully saturated rings. The summed E-state index contributed by atoms with van der Waals surface area (Å²) in [5.41, 5.74) is 7.45. The minimum atomic E-state index is -0.490. The molecule has 3 rings (SSSR count). The van der Waals surface area contributed by atoms with Crippen molar-refractivity contribution in [3.8, 4) is 0 Å². The summed E-state index contributed by atoms with van der Waals surface area (Å²) in [5, 5.41) is 7.00. The van der Waals surface area contributed by atoms with Gasteiger partial charge in [-0.1, -0.05) is 36.4 Å². The van der Waals surface area contributed by atoms with Crippen LogP contribution in [0, 0.1) is 0 Å². The van der Waals surface area contributed by atoms with Crippen molar-refractivity contribution in [2.24, 2.45) is 5.73 Å². The largest absolute Gasteiger partial charge is 0.366 e. The number of quaternary nitrogens is 1. The van der Waals surface area contributed by atoms with Crippen molar-refractivity contribution in [3.05, 3.63) is 88.1 Å². The van der Waals surface area contributed by atoms with Crippen molar-refractivity contribution < 1.29 is 14.9 Å². The second kappa shape index (κ2) is 8.62. The molecule has 2 amide bonds. The zero-order valence-electron chi connectivity index (χ0n) is 15.0. The average Bonchev–Trinajstić information content (AvgIpc) is 3.21. The van der Waals surface area contributed by atoms with Crippen LogP contribution in [0.1, 0.15) is 33.8 Å². The van der Waals surface area contributed by atoms with Gasteiger partial charge in [0, 0.05) is 16.8 Å². The predicted octanol–water partition coefficient (Wildman–Crippen LogP) is 2.53. The van der Waals surface area contributed by atoms with Crippen molar-refractivity contribution in [1.29, 1.82) is 0 Å². The van der Waals surface area contributed by atoms with Crippen LogP contribution in [0.3, 0.4) is 0 Å². The maximum atomic E-state index is 12.6. The SMILES string of the molecule is C[C@H]([NH2+][C@@H](c1ccccc1)c1cccs1)C(=O)Nc1ccc(C(N)=O)cc1. The maximum absolute atomic E-state index is 12.6. The topological polar surface area (TPSA) is 88.8 Å². The van der Waals surface area contributed by atoms with Gasteiger partial charge in [-0.15, -0.1) is 11.3 Å². The number of hydrogen-bond acceptors (Lipinski definition) is 3. The number of benzene rings is 2. The summed E-state index contributed by atoms with van der Waals surface area (Å²) in [4.78, 5) is 25.0. The van der Waals surface area contributed by atoms with Gasteiger partial charge in [0.15, 0.2) is 6.04 Å². The van der Waals surface area contributed by atoms with Crippen molar-refractivity contribution in [2.75, 3.05) is 5.32 Å². The number of hydrogen-bond donors (Lipinski definition) is 3. The minimum Gasteiger partial charge on any atom is -0.366 e. The lowest BCUT2D eigenvalue weighted by Gasteiger charge is -2.19. The van der Waals surface area contributed by atoms with Crippen LogP contribution in [-0.4, -0.2) is 17.9 Å². The van der Waals surface area contributed by atoms with Gasteiger partial charge in [-0.05, 0) is 42.6 Å². The molecule has 0 radical (unpaired) electrons. The highest BCUT2D eigenvalue weighted by atomic mass is 32.1. The van der Waals surface area contributed by atoms with Gasteiger partial charge in [-0.25, -0.2) is 0 Å². The Balaban J connectivity index is 1.70. The van der Waals surface area contributed by atoms with Crippen molar-refractivity contribution in [3.63, 3.8) is 0 Å². The number of carbonyl (C=O) groups is 2. The molecule has 0 unspecified atom stereocenters. The average molecular weight is 380 g/mol. The second-order valence-electron chi connectivity index (χ2n) is 6.32. The number of anilines is 1. The van der Waals surface area contributed by atoms with E-state index in [1.165, 1.54) is 4.88 Å². The Bertz CT molecular complexity index is 893. The highest BCUT2D eigenvalue weighted by molar-refractivity contribution is 7.10. The predicted molar refractivity (Wildman–Crippen MR) is 108 cm³/mol. The normalized spacial score (nSPS) is 12.9. The lowest BCUT2D eigenvalue weighted by atomic mass is 10.0. The van der Waals surface area contributed by atoms with Crippen molar-refractivity contribution in [1.82, 2.24) is 0 Å². The van der Waals surface area contributed by atoms with Crippen LogP contribution in [0.25, 0.3) is 0 Å². The van der Waals surface area contributed by atoms with Gasteiger partial charge in [0.05, 0.1) is 4.88 Å². The van der Waals surface area contributed by atoms with E-state index >= 15 is 0 Å². The summed E-state index contributed by atoms with van der Waals surface area (Å²) in [5.74, 6) is -0.587. The number of amides is 2. The molecule has 0 bridgehead atoms. The lowest BCUT2D eigenvalue weighted by molar-refractivity contribution is -0.703. The molecule has 138 valence electrons. The molecule has 0 aliphatic heterocycles. The number of nitrogens with one attached hydrogen (secondary N) is 1. The summed E-state index contributed by atoms with van der Waals surface area (Å²) < 4.78 is 0. The summed E-state index contributed by atoms with van der Waals surface area (Å²) >= 11 is 1.68. The van der Waals surface area contributed by atoms with Crippen LogP contribution in [-0.2, 0) is 4.79 Å². The summed E-state index contributed by atoms with van der Waals surface area (Å²) in [6, 6.07) is 20.6. The Hall–Kier alpha value is -2.96. The van der Waals surface area contributed by atoms with Crippen molar-refractivity contribution in [2.45, 2.75) is 19.0 Å². The third kappa shape index (κ3) is 4.81. The fourth-order valence-electron chi connectivity index (χ4n) is 2.85.